The molecule has 8 heteroatoms. The first-order chi connectivity index (χ1) is 13.3. The number of ether oxygens (including phenoxy) is 3. The van der Waals surface area contributed by atoms with Gasteiger partial charge in [0.05, 0.1) is 47.8 Å². The van der Waals surface area contributed by atoms with Crippen molar-refractivity contribution < 1.29 is 29.2 Å². The average molecular weight is 418 g/mol. The summed E-state index contributed by atoms with van der Waals surface area (Å²) >= 11 is 6.66. The number of nitrogens with one attached hydrogen (secondary N) is 1. The molecule has 7 nitrogen and oxygen atoms in total. The molecule has 12 atom stereocenters. The molecule has 2 aliphatic carbocycles. The van der Waals surface area contributed by atoms with E-state index in [1.807, 2.05) is 13.8 Å². The molecule has 0 bridgehead atoms. The number of hydrogen-bond donors (Lipinski definition) is 2. The van der Waals surface area contributed by atoms with Crippen LogP contribution in [-0.2, 0) is 19.0 Å². The molecular formula is C20H32ClNO6. The molecule has 10 unspecified atom stereocenters. The third-order valence-electron chi connectivity index (χ3n) is 8.00. The van der Waals surface area contributed by atoms with Crippen molar-refractivity contribution >= 4 is 17.4 Å². The Morgan fingerprint density at radius 1 is 1.21 bits per heavy atom. The number of rotatable bonds is 2. The summed E-state index contributed by atoms with van der Waals surface area (Å²) in [6.45, 7) is 3.87. The molecule has 0 aromatic heterocycles. The monoisotopic (exact) mass is 417 g/mol. The van der Waals surface area contributed by atoms with Crippen LogP contribution in [0.4, 0.5) is 0 Å². The van der Waals surface area contributed by atoms with Crippen LogP contribution in [0.2, 0.25) is 0 Å². The minimum atomic E-state index is -1.32. The van der Waals surface area contributed by atoms with Crippen molar-refractivity contribution in [1.29, 1.82) is 0 Å². The number of aliphatic hydroxyl groups is 1. The van der Waals surface area contributed by atoms with Crippen molar-refractivity contribution in [3.8, 4) is 0 Å². The lowest BCUT2D eigenvalue weighted by molar-refractivity contribution is -0.913. The molecule has 4 rings (SSSR count). The molecule has 2 heterocycles. The highest BCUT2D eigenvalue weighted by Crippen LogP contribution is 2.53. The van der Waals surface area contributed by atoms with Gasteiger partial charge in [-0.25, -0.2) is 0 Å². The number of piperidine rings is 1. The zero-order valence-corrected chi connectivity index (χ0v) is 17.7. The van der Waals surface area contributed by atoms with Gasteiger partial charge in [0.1, 0.15) is 0 Å². The number of carbonyl (C=O) groups is 1. The predicted molar refractivity (Wildman–Crippen MR) is 102 cm³/mol. The lowest BCUT2D eigenvalue weighted by Crippen LogP contribution is -3.17. The molecular weight excluding hydrogens is 386 g/mol. The number of halogens is 1. The van der Waals surface area contributed by atoms with E-state index in [0.717, 1.165) is 12.8 Å². The lowest BCUT2D eigenvalue weighted by Gasteiger charge is -2.55. The Balaban J connectivity index is 1.69. The van der Waals surface area contributed by atoms with E-state index in [9.17, 15) is 15.1 Å². The van der Waals surface area contributed by atoms with Crippen molar-refractivity contribution in [2.24, 2.45) is 17.8 Å². The molecule has 0 radical (unpaired) electrons. The largest absolute Gasteiger partial charge is 0.634 e. The van der Waals surface area contributed by atoms with Crippen LogP contribution in [0.1, 0.15) is 39.5 Å². The fourth-order valence-corrected chi connectivity index (χ4v) is 6.78. The molecule has 4 fully saturated rings. The first-order valence-electron chi connectivity index (χ1n) is 10.4. The molecule has 2 saturated carbocycles. The van der Waals surface area contributed by atoms with E-state index in [2.05, 4.69) is 0 Å². The Labute approximate surface area is 171 Å². The SMILES string of the molecule is COC1CC(OC)C2C(=O)[C@@]3(OC2C1Cl)C(O)C1CCC(C)[NH+]([O-])C1C[C@H]3C. The Morgan fingerprint density at radius 3 is 2.54 bits per heavy atom. The summed E-state index contributed by atoms with van der Waals surface area (Å²) in [6, 6.07) is -0.180. The molecule has 0 amide bonds. The number of hydrogen-bond acceptors (Lipinski definition) is 6. The van der Waals surface area contributed by atoms with Crippen LogP contribution in [0.15, 0.2) is 0 Å². The standard InChI is InChI=1S/C20H32ClNO6/c1-9-7-12-11(6-5-10(2)22(12)25)18(23)20(9)19(24)15-13(26-3)8-14(27-4)16(21)17(15)28-20/h9-18,22-23H,5-8H2,1-4H3/t9-,10?,11?,12?,13?,14?,15?,16?,17?,18?,20+/m1/s1. The summed E-state index contributed by atoms with van der Waals surface area (Å²) in [5.74, 6) is -1.14. The van der Waals surface area contributed by atoms with E-state index < -0.39 is 29.1 Å². The van der Waals surface area contributed by atoms with Crippen molar-refractivity contribution in [2.45, 2.75) is 87.0 Å². The van der Waals surface area contributed by atoms with E-state index in [1.165, 1.54) is 0 Å². The fraction of sp³-hybridized carbons (Fsp3) is 0.950. The highest BCUT2D eigenvalue weighted by molar-refractivity contribution is 6.22. The van der Waals surface area contributed by atoms with E-state index in [0.29, 0.717) is 12.8 Å². The zero-order chi connectivity index (χ0) is 20.4. The molecule has 28 heavy (non-hydrogen) atoms. The Morgan fingerprint density at radius 2 is 1.89 bits per heavy atom. The second-order valence-corrected chi connectivity index (χ2v) is 9.73. The van der Waals surface area contributed by atoms with E-state index in [4.69, 9.17) is 25.8 Å². The highest BCUT2D eigenvalue weighted by Gasteiger charge is 2.70. The average Bonchev–Trinajstić information content (AvgIpc) is 2.99. The number of fused-ring (bicyclic) bond motifs is 2. The van der Waals surface area contributed by atoms with Gasteiger partial charge in [0.15, 0.2) is 11.4 Å². The number of quaternary nitrogens is 1. The van der Waals surface area contributed by atoms with Gasteiger partial charge in [-0.15, -0.1) is 11.6 Å². The van der Waals surface area contributed by atoms with E-state index in [-0.39, 0.29) is 47.0 Å². The van der Waals surface area contributed by atoms with Crippen molar-refractivity contribution in [3.05, 3.63) is 5.21 Å². The van der Waals surface area contributed by atoms with Crippen LogP contribution in [0.5, 0.6) is 0 Å². The third kappa shape index (κ3) is 2.74. The highest BCUT2D eigenvalue weighted by atomic mass is 35.5. The number of alkyl halides is 1. The minimum absolute atomic E-state index is 0.0185. The van der Waals surface area contributed by atoms with Gasteiger partial charge < -0.3 is 29.6 Å². The van der Waals surface area contributed by atoms with E-state index in [1.54, 1.807) is 14.2 Å². The fourth-order valence-electron chi connectivity index (χ4n) is 6.37. The second kappa shape index (κ2) is 7.45. The summed E-state index contributed by atoms with van der Waals surface area (Å²) in [6.07, 6.45) is 0.348. The third-order valence-corrected chi connectivity index (χ3v) is 8.53. The van der Waals surface area contributed by atoms with Crippen LogP contribution < -0.4 is 5.06 Å². The first kappa shape index (κ1) is 21.0. The summed E-state index contributed by atoms with van der Waals surface area (Å²) in [7, 11) is 3.18. The van der Waals surface area contributed by atoms with Gasteiger partial charge in [0, 0.05) is 38.9 Å². The molecule has 160 valence electrons. The number of hydroxylamine groups is 2. The maximum atomic E-state index is 13.7. The van der Waals surface area contributed by atoms with Crippen LogP contribution in [0.25, 0.3) is 0 Å². The number of carbonyl (C=O) groups excluding carboxylic acids is 1. The van der Waals surface area contributed by atoms with Gasteiger partial charge in [-0.3, -0.25) is 4.79 Å². The van der Waals surface area contributed by atoms with Crippen LogP contribution in [0, 0.1) is 23.0 Å². The number of aliphatic hydroxyl groups excluding tert-OH is 1. The van der Waals surface area contributed by atoms with Crippen molar-refractivity contribution in [3.63, 3.8) is 0 Å². The lowest BCUT2D eigenvalue weighted by atomic mass is 9.61. The summed E-state index contributed by atoms with van der Waals surface area (Å²) in [5, 5.41) is 23.8. The van der Waals surface area contributed by atoms with Gasteiger partial charge in [0.2, 0.25) is 0 Å². The Kier molecular flexibility index (Phi) is 5.58. The van der Waals surface area contributed by atoms with Crippen LogP contribution in [0.3, 0.4) is 0 Å². The number of ketones is 1. The van der Waals surface area contributed by atoms with Gasteiger partial charge in [0.25, 0.3) is 0 Å². The number of methoxy groups -OCH3 is 2. The topological polar surface area (TPSA) is 92.5 Å². The molecule has 2 aliphatic heterocycles. The zero-order valence-electron chi connectivity index (χ0n) is 17.0. The Bertz CT molecular complexity index is 622. The normalized spacial score (nSPS) is 56.5. The quantitative estimate of drug-likeness (QED) is 0.496. The molecule has 2 saturated heterocycles. The summed E-state index contributed by atoms with van der Waals surface area (Å²) < 4.78 is 17.5. The van der Waals surface area contributed by atoms with E-state index >= 15 is 0 Å². The first-order valence-corrected chi connectivity index (χ1v) is 10.8. The maximum Gasteiger partial charge on any atom is 0.175 e. The smallest absolute Gasteiger partial charge is 0.175 e. The molecule has 1 spiro atoms. The molecule has 4 aliphatic rings. The molecule has 0 aromatic rings. The molecule has 2 N–H and O–H groups in total. The summed E-state index contributed by atoms with van der Waals surface area (Å²) in [5.41, 5.74) is -1.32. The summed E-state index contributed by atoms with van der Waals surface area (Å²) in [4.78, 5) is 13.7. The van der Waals surface area contributed by atoms with Gasteiger partial charge >= 0.3 is 0 Å². The van der Waals surface area contributed by atoms with Gasteiger partial charge in [-0.1, -0.05) is 6.92 Å². The number of Topliss-reactive ketones (excluding diaryl/α,β-unsaturated/α-hetero) is 1. The maximum absolute atomic E-state index is 13.7. The Hall–Kier alpha value is -0.280. The second-order valence-electron chi connectivity index (χ2n) is 9.23. The molecule has 0 aromatic carbocycles. The van der Waals surface area contributed by atoms with Crippen molar-refractivity contribution in [2.75, 3.05) is 14.2 Å². The van der Waals surface area contributed by atoms with Gasteiger partial charge in [-0.05, 0) is 19.8 Å². The predicted octanol–water partition coefficient (Wildman–Crippen LogP) is 0.301. The van der Waals surface area contributed by atoms with Gasteiger partial charge in [-0.2, -0.15) is 0 Å². The van der Waals surface area contributed by atoms with Crippen LogP contribution >= 0.6 is 11.6 Å². The van der Waals surface area contributed by atoms with Crippen molar-refractivity contribution in [1.82, 2.24) is 0 Å². The minimum Gasteiger partial charge on any atom is -0.634 e. The van der Waals surface area contributed by atoms with Crippen LogP contribution in [-0.4, -0.2) is 72.6 Å².